The van der Waals surface area contributed by atoms with Gasteiger partial charge in [0.15, 0.2) is 0 Å². The third-order valence-corrected chi connectivity index (χ3v) is 7.82. The molecular weight excluding hydrogens is 381 g/mol. The summed E-state index contributed by atoms with van der Waals surface area (Å²) in [7, 11) is -7.43. The van der Waals surface area contributed by atoms with Crippen LogP contribution in [0.4, 0.5) is 4.39 Å². The molecule has 1 aliphatic heterocycles. The summed E-state index contributed by atoms with van der Waals surface area (Å²) in [6.45, 7) is 5.72. The third kappa shape index (κ3) is 5.46. The highest BCUT2D eigenvalue weighted by Gasteiger charge is 2.29. The van der Waals surface area contributed by atoms with Crippen molar-refractivity contribution in [3.63, 3.8) is 0 Å². The Kier molecular flexibility index (Phi) is 7.14. The molecule has 1 saturated heterocycles. The van der Waals surface area contributed by atoms with Crippen LogP contribution in [0.2, 0.25) is 0 Å². The maximum absolute atomic E-state index is 13.1. The van der Waals surface area contributed by atoms with Gasteiger partial charge in [0, 0.05) is 39.3 Å². The largest absolute Gasteiger partial charge is 0.314 e. The molecule has 0 atom stereocenters. The van der Waals surface area contributed by atoms with Crippen LogP contribution >= 0.6 is 0 Å². The fourth-order valence-corrected chi connectivity index (χ4v) is 5.91. The summed E-state index contributed by atoms with van der Waals surface area (Å²) in [5.41, 5.74) is 0. The van der Waals surface area contributed by atoms with E-state index in [9.17, 15) is 21.2 Å². The second kappa shape index (κ2) is 8.75. The summed E-state index contributed by atoms with van der Waals surface area (Å²) < 4.78 is 66.4. The van der Waals surface area contributed by atoms with E-state index in [0.29, 0.717) is 26.2 Å². The fraction of sp³-hybridized carbons (Fsp3) is 0.625. The molecule has 1 aromatic rings. The number of piperazine rings is 1. The first-order valence-electron chi connectivity index (χ1n) is 8.57. The van der Waals surface area contributed by atoms with E-state index in [4.69, 9.17) is 0 Å². The average Bonchev–Trinajstić information content (AvgIpc) is 2.59. The second-order valence-corrected chi connectivity index (χ2v) is 10.7. The minimum absolute atomic E-state index is 0.0205. The van der Waals surface area contributed by atoms with Gasteiger partial charge in [-0.1, -0.05) is 13.8 Å². The predicted molar refractivity (Wildman–Crippen MR) is 98.2 cm³/mol. The Bertz CT molecular complexity index is 789. The van der Waals surface area contributed by atoms with Crippen LogP contribution in [-0.4, -0.2) is 70.5 Å². The molecule has 0 unspecified atom stereocenters. The zero-order valence-electron chi connectivity index (χ0n) is 15.1. The quantitative estimate of drug-likeness (QED) is 0.686. The predicted octanol–water partition coefficient (Wildman–Crippen LogP) is 0.707. The Morgan fingerprint density at radius 1 is 1.12 bits per heavy atom. The van der Waals surface area contributed by atoms with E-state index in [1.165, 1.54) is 20.7 Å². The van der Waals surface area contributed by atoms with Crippen molar-refractivity contribution >= 4 is 20.0 Å². The molecule has 0 amide bonds. The van der Waals surface area contributed by atoms with Crippen molar-refractivity contribution in [1.82, 2.24) is 13.9 Å². The van der Waals surface area contributed by atoms with Gasteiger partial charge in [-0.2, -0.15) is 8.61 Å². The highest BCUT2D eigenvalue weighted by Crippen LogP contribution is 2.18. The first-order valence-corrected chi connectivity index (χ1v) is 11.6. The molecule has 0 bridgehead atoms. The highest BCUT2D eigenvalue weighted by molar-refractivity contribution is 7.90. The molecule has 26 heavy (non-hydrogen) atoms. The van der Waals surface area contributed by atoms with E-state index in [0.717, 1.165) is 12.1 Å². The Morgan fingerprint density at radius 2 is 1.69 bits per heavy atom. The van der Waals surface area contributed by atoms with Crippen molar-refractivity contribution < 1.29 is 21.2 Å². The van der Waals surface area contributed by atoms with Gasteiger partial charge in [0.2, 0.25) is 20.0 Å². The van der Waals surface area contributed by atoms with E-state index >= 15 is 0 Å². The molecule has 0 saturated carbocycles. The maximum atomic E-state index is 13.1. The number of sulfonamides is 2. The number of benzene rings is 1. The Hall–Kier alpha value is -1.07. The van der Waals surface area contributed by atoms with Crippen molar-refractivity contribution in [2.45, 2.75) is 18.7 Å². The summed E-state index contributed by atoms with van der Waals surface area (Å²) in [5, 5.41) is 3.09. The summed E-state index contributed by atoms with van der Waals surface area (Å²) in [5.74, 6) is -0.784. The third-order valence-electron chi connectivity index (χ3n) is 4.09. The zero-order valence-corrected chi connectivity index (χ0v) is 16.7. The van der Waals surface area contributed by atoms with Crippen LogP contribution in [0.5, 0.6) is 0 Å². The second-order valence-electron chi connectivity index (χ2n) is 6.68. The fourth-order valence-electron chi connectivity index (χ4n) is 2.74. The van der Waals surface area contributed by atoms with Gasteiger partial charge in [0.25, 0.3) is 0 Å². The number of hydrogen-bond acceptors (Lipinski definition) is 5. The average molecular weight is 408 g/mol. The highest BCUT2D eigenvalue weighted by atomic mass is 32.2. The van der Waals surface area contributed by atoms with Gasteiger partial charge in [-0.25, -0.2) is 21.2 Å². The summed E-state index contributed by atoms with van der Waals surface area (Å²) in [6, 6.07) is 4.56. The number of rotatable bonds is 8. The number of nitrogens with one attached hydrogen (secondary N) is 1. The van der Waals surface area contributed by atoms with Crippen molar-refractivity contribution in [2.75, 3.05) is 45.0 Å². The molecule has 1 heterocycles. The molecule has 0 radical (unpaired) electrons. The van der Waals surface area contributed by atoms with Crippen LogP contribution in [0, 0.1) is 11.7 Å². The van der Waals surface area contributed by atoms with Crippen LogP contribution < -0.4 is 5.32 Å². The van der Waals surface area contributed by atoms with Crippen LogP contribution in [0.15, 0.2) is 29.2 Å². The first-order chi connectivity index (χ1) is 12.1. The molecule has 148 valence electrons. The van der Waals surface area contributed by atoms with E-state index < -0.39 is 25.9 Å². The van der Waals surface area contributed by atoms with E-state index in [1.54, 1.807) is 0 Å². The molecule has 2 rings (SSSR count). The van der Waals surface area contributed by atoms with Crippen LogP contribution in [0.25, 0.3) is 0 Å². The van der Waals surface area contributed by atoms with E-state index in [2.05, 4.69) is 5.32 Å². The van der Waals surface area contributed by atoms with Gasteiger partial charge in [-0.05, 0) is 30.2 Å². The lowest BCUT2D eigenvalue weighted by molar-refractivity contribution is 0.351. The van der Waals surface area contributed by atoms with Crippen LogP contribution in [0.1, 0.15) is 13.8 Å². The van der Waals surface area contributed by atoms with Gasteiger partial charge in [0.1, 0.15) is 5.82 Å². The molecule has 1 fully saturated rings. The zero-order chi connectivity index (χ0) is 19.4. The summed E-state index contributed by atoms with van der Waals surface area (Å²) >= 11 is 0. The Balaban J connectivity index is 2.17. The normalized spacial score (nSPS) is 17.1. The van der Waals surface area contributed by atoms with Gasteiger partial charge in [0.05, 0.1) is 10.6 Å². The van der Waals surface area contributed by atoms with Crippen LogP contribution in [0.3, 0.4) is 0 Å². The molecule has 0 aliphatic carbocycles. The molecule has 10 heteroatoms. The lowest BCUT2D eigenvalue weighted by Gasteiger charge is -2.28. The standard InChI is InChI=1S/C16H26FN3O4S2/c1-14(2)13-20(26(23,24)16-5-3-15(17)4-6-16)11-12-25(21,22)19-9-7-18-8-10-19/h3-6,14,18H,7-13H2,1-2H3. The minimum atomic E-state index is -3.89. The van der Waals surface area contributed by atoms with Gasteiger partial charge >= 0.3 is 0 Å². The Morgan fingerprint density at radius 3 is 2.23 bits per heavy atom. The van der Waals surface area contributed by atoms with Crippen molar-refractivity contribution in [1.29, 1.82) is 0 Å². The monoisotopic (exact) mass is 407 g/mol. The molecule has 1 aliphatic rings. The lowest BCUT2D eigenvalue weighted by Crippen LogP contribution is -2.48. The summed E-state index contributed by atoms with van der Waals surface area (Å²) in [6.07, 6.45) is 0. The van der Waals surface area contributed by atoms with E-state index in [1.807, 2.05) is 13.8 Å². The summed E-state index contributed by atoms with van der Waals surface area (Å²) in [4.78, 5) is -0.0425. The topological polar surface area (TPSA) is 86.8 Å². The van der Waals surface area contributed by atoms with Crippen molar-refractivity contribution in [3.05, 3.63) is 30.1 Å². The van der Waals surface area contributed by atoms with Gasteiger partial charge < -0.3 is 5.32 Å². The number of nitrogens with zero attached hydrogens (tertiary/aromatic N) is 2. The molecule has 1 N–H and O–H groups in total. The molecule has 1 aromatic carbocycles. The molecule has 7 nitrogen and oxygen atoms in total. The van der Waals surface area contributed by atoms with Gasteiger partial charge in [-0.3, -0.25) is 0 Å². The smallest absolute Gasteiger partial charge is 0.243 e. The molecule has 0 spiro atoms. The number of halogens is 1. The van der Waals surface area contributed by atoms with E-state index in [-0.39, 0.29) is 29.7 Å². The van der Waals surface area contributed by atoms with Crippen molar-refractivity contribution in [2.24, 2.45) is 5.92 Å². The van der Waals surface area contributed by atoms with Crippen LogP contribution in [-0.2, 0) is 20.0 Å². The first kappa shape index (κ1) is 21.2. The lowest BCUT2D eigenvalue weighted by atomic mass is 10.2. The Labute approximate surface area is 155 Å². The molecule has 0 aromatic heterocycles. The molecular formula is C16H26FN3O4S2. The van der Waals surface area contributed by atoms with Crippen molar-refractivity contribution in [3.8, 4) is 0 Å². The maximum Gasteiger partial charge on any atom is 0.243 e. The SMILES string of the molecule is CC(C)CN(CCS(=O)(=O)N1CCNCC1)S(=O)(=O)c1ccc(F)cc1. The number of hydrogen-bond donors (Lipinski definition) is 1. The van der Waals surface area contributed by atoms with Gasteiger partial charge in [-0.15, -0.1) is 0 Å². The minimum Gasteiger partial charge on any atom is -0.314 e.